The standard InChI is InChI=1S/C15H17NO/c1-2-4-13(5-3-1)6-9-16-10-7-15-14(12-16)8-11-17-15/h1-5,8,11H,6-7,9-10,12H2. The van der Waals surface area contributed by atoms with Crippen LogP contribution in [0.4, 0.5) is 0 Å². The van der Waals surface area contributed by atoms with E-state index in [9.17, 15) is 0 Å². The molecule has 1 aliphatic heterocycles. The summed E-state index contributed by atoms with van der Waals surface area (Å²) in [7, 11) is 0. The maximum absolute atomic E-state index is 5.44. The maximum atomic E-state index is 5.44. The third-order valence-corrected chi connectivity index (χ3v) is 3.45. The fourth-order valence-electron chi connectivity index (χ4n) is 2.43. The number of hydrogen-bond acceptors (Lipinski definition) is 2. The smallest absolute Gasteiger partial charge is 0.109 e. The molecule has 0 aliphatic carbocycles. The molecule has 0 saturated carbocycles. The number of fused-ring (bicyclic) bond motifs is 1. The molecule has 2 nitrogen and oxygen atoms in total. The highest BCUT2D eigenvalue weighted by atomic mass is 16.3. The van der Waals surface area contributed by atoms with Crippen molar-refractivity contribution in [2.24, 2.45) is 0 Å². The molecule has 2 aromatic rings. The van der Waals surface area contributed by atoms with Crippen LogP contribution in [0.3, 0.4) is 0 Å². The molecule has 1 aromatic heterocycles. The summed E-state index contributed by atoms with van der Waals surface area (Å²) in [6.07, 6.45) is 4.00. The average Bonchev–Trinajstić information content (AvgIpc) is 2.85. The topological polar surface area (TPSA) is 16.4 Å². The molecule has 2 heterocycles. The van der Waals surface area contributed by atoms with E-state index in [1.807, 2.05) is 6.26 Å². The Bertz CT molecular complexity index is 475. The van der Waals surface area contributed by atoms with Gasteiger partial charge in [-0.15, -0.1) is 0 Å². The molecule has 3 rings (SSSR count). The lowest BCUT2D eigenvalue weighted by molar-refractivity contribution is 0.245. The molecule has 0 N–H and O–H groups in total. The molecule has 0 spiro atoms. The highest BCUT2D eigenvalue weighted by Crippen LogP contribution is 2.19. The first-order valence-corrected chi connectivity index (χ1v) is 6.23. The van der Waals surface area contributed by atoms with Crippen molar-refractivity contribution in [1.82, 2.24) is 4.90 Å². The van der Waals surface area contributed by atoms with Gasteiger partial charge in [-0.2, -0.15) is 0 Å². The van der Waals surface area contributed by atoms with E-state index < -0.39 is 0 Å². The van der Waals surface area contributed by atoms with Gasteiger partial charge in [0.2, 0.25) is 0 Å². The van der Waals surface area contributed by atoms with E-state index in [2.05, 4.69) is 41.3 Å². The van der Waals surface area contributed by atoms with Gasteiger partial charge in [0.25, 0.3) is 0 Å². The molecule has 0 fully saturated rings. The van der Waals surface area contributed by atoms with Gasteiger partial charge >= 0.3 is 0 Å². The monoisotopic (exact) mass is 227 g/mol. The highest BCUT2D eigenvalue weighted by molar-refractivity contribution is 5.20. The number of hydrogen-bond donors (Lipinski definition) is 0. The molecule has 0 radical (unpaired) electrons. The van der Waals surface area contributed by atoms with Gasteiger partial charge in [0.05, 0.1) is 6.26 Å². The second kappa shape index (κ2) is 4.76. The predicted octanol–water partition coefficient (Wildman–Crippen LogP) is 2.88. The summed E-state index contributed by atoms with van der Waals surface area (Å²) in [6.45, 7) is 3.29. The second-order valence-corrected chi connectivity index (χ2v) is 4.63. The average molecular weight is 227 g/mol. The Morgan fingerprint density at radius 2 is 2.00 bits per heavy atom. The number of nitrogens with zero attached hydrogens (tertiary/aromatic N) is 1. The van der Waals surface area contributed by atoms with Gasteiger partial charge in [0, 0.05) is 31.6 Å². The Balaban J connectivity index is 1.58. The van der Waals surface area contributed by atoms with Crippen LogP contribution < -0.4 is 0 Å². The Labute approximate surface area is 102 Å². The van der Waals surface area contributed by atoms with E-state index in [1.165, 1.54) is 16.9 Å². The van der Waals surface area contributed by atoms with Crippen molar-refractivity contribution in [3.63, 3.8) is 0 Å². The summed E-state index contributed by atoms with van der Waals surface area (Å²) < 4.78 is 5.44. The van der Waals surface area contributed by atoms with Crippen LogP contribution in [0.25, 0.3) is 0 Å². The molecular formula is C15H17NO. The molecule has 2 heteroatoms. The van der Waals surface area contributed by atoms with Gasteiger partial charge < -0.3 is 4.42 Å². The van der Waals surface area contributed by atoms with Gasteiger partial charge in [-0.3, -0.25) is 4.90 Å². The lowest BCUT2D eigenvalue weighted by atomic mass is 10.1. The number of furan rings is 1. The zero-order chi connectivity index (χ0) is 11.5. The summed E-state index contributed by atoms with van der Waals surface area (Å²) in [5, 5.41) is 0. The summed E-state index contributed by atoms with van der Waals surface area (Å²) in [5.74, 6) is 1.18. The van der Waals surface area contributed by atoms with Gasteiger partial charge in [-0.25, -0.2) is 0 Å². The first kappa shape index (κ1) is 10.6. The SMILES string of the molecule is c1ccc(CCN2CCc3occc3C2)cc1. The first-order valence-electron chi connectivity index (χ1n) is 6.23. The van der Waals surface area contributed by atoms with Crippen LogP contribution >= 0.6 is 0 Å². The fourth-order valence-corrected chi connectivity index (χ4v) is 2.43. The summed E-state index contributed by atoms with van der Waals surface area (Å²) >= 11 is 0. The van der Waals surface area contributed by atoms with E-state index in [-0.39, 0.29) is 0 Å². The van der Waals surface area contributed by atoms with Crippen molar-refractivity contribution >= 4 is 0 Å². The van der Waals surface area contributed by atoms with Gasteiger partial charge in [0.15, 0.2) is 0 Å². The van der Waals surface area contributed by atoms with E-state index in [0.29, 0.717) is 0 Å². The molecule has 0 saturated heterocycles. The Morgan fingerprint density at radius 1 is 1.12 bits per heavy atom. The molecule has 0 bridgehead atoms. The number of benzene rings is 1. The second-order valence-electron chi connectivity index (χ2n) is 4.63. The predicted molar refractivity (Wildman–Crippen MR) is 67.8 cm³/mol. The normalized spacial score (nSPS) is 15.8. The zero-order valence-electron chi connectivity index (χ0n) is 9.93. The van der Waals surface area contributed by atoms with Crippen LogP contribution in [0, 0.1) is 0 Å². The third kappa shape index (κ3) is 2.42. The molecule has 1 aromatic carbocycles. The van der Waals surface area contributed by atoms with Crippen LogP contribution in [-0.2, 0) is 19.4 Å². The van der Waals surface area contributed by atoms with Crippen LogP contribution in [0.1, 0.15) is 16.9 Å². The summed E-state index contributed by atoms with van der Waals surface area (Å²) in [4.78, 5) is 2.50. The quantitative estimate of drug-likeness (QED) is 0.801. The molecular weight excluding hydrogens is 210 g/mol. The minimum Gasteiger partial charge on any atom is -0.469 e. The molecule has 1 aliphatic rings. The van der Waals surface area contributed by atoms with E-state index >= 15 is 0 Å². The van der Waals surface area contributed by atoms with Gasteiger partial charge in [-0.05, 0) is 18.1 Å². The van der Waals surface area contributed by atoms with E-state index in [0.717, 1.165) is 32.5 Å². The van der Waals surface area contributed by atoms with Crippen LogP contribution in [0.15, 0.2) is 47.1 Å². The lowest BCUT2D eigenvalue weighted by Crippen LogP contribution is -2.31. The van der Waals surface area contributed by atoms with Crippen molar-refractivity contribution in [1.29, 1.82) is 0 Å². The zero-order valence-corrected chi connectivity index (χ0v) is 9.93. The Kier molecular flexibility index (Phi) is 2.97. The highest BCUT2D eigenvalue weighted by Gasteiger charge is 2.17. The lowest BCUT2D eigenvalue weighted by Gasteiger charge is -2.25. The van der Waals surface area contributed by atoms with Crippen molar-refractivity contribution in [3.05, 3.63) is 59.5 Å². The molecule has 0 atom stereocenters. The van der Waals surface area contributed by atoms with Crippen LogP contribution in [-0.4, -0.2) is 18.0 Å². The largest absolute Gasteiger partial charge is 0.469 e. The first-order chi connectivity index (χ1) is 8.42. The minimum atomic E-state index is 1.04. The number of rotatable bonds is 3. The van der Waals surface area contributed by atoms with Crippen molar-refractivity contribution in [2.75, 3.05) is 13.1 Å². The van der Waals surface area contributed by atoms with E-state index in [4.69, 9.17) is 4.42 Å². The van der Waals surface area contributed by atoms with Gasteiger partial charge in [-0.1, -0.05) is 30.3 Å². The molecule has 0 unspecified atom stereocenters. The Morgan fingerprint density at radius 3 is 2.88 bits per heavy atom. The molecule has 0 amide bonds. The van der Waals surface area contributed by atoms with Gasteiger partial charge in [0.1, 0.15) is 5.76 Å². The Hall–Kier alpha value is -1.54. The van der Waals surface area contributed by atoms with Crippen molar-refractivity contribution in [2.45, 2.75) is 19.4 Å². The minimum absolute atomic E-state index is 1.04. The van der Waals surface area contributed by atoms with Crippen molar-refractivity contribution < 1.29 is 4.42 Å². The summed E-state index contributed by atoms with van der Waals surface area (Å²) in [6, 6.07) is 12.8. The fraction of sp³-hybridized carbons (Fsp3) is 0.333. The van der Waals surface area contributed by atoms with Crippen molar-refractivity contribution in [3.8, 4) is 0 Å². The van der Waals surface area contributed by atoms with Crippen LogP contribution in [0.5, 0.6) is 0 Å². The van der Waals surface area contributed by atoms with Crippen LogP contribution in [0.2, 0.25) is 0 Å². The van der Waals surface area contributed by atoms with E-state index in [1.54, 1.807) is 0 Å². The maximum Gasteiger partial charge on any atom is 0.109 e. The third-order valence-electron chi connectivity index (χ3n) is 3.45. The summed E-state index contributed by atoms with van der Waals surface area (Å²) in [5.41, 5.74) is 2.79. The molecule has 88 valence electrons. The molecule has 17 heavy (non-hydrogen) atoms.